The molecule has 4 aliphatic heterocycles. The molecule has 0 spiro atoms. The molecule has 0 saturated heterocycles. The summed E-state index contributed by atoms with van der Waals surface area (Å²) in [5.74, 6) is 0. The van der Waals surface area contributed by atoms with Crippen molar-refractivity contribution in [2.45, 2.75) is 0 Å². The first-order chi connectivity index (χ1) is 46.7. The summed E-state index contributed by atoms with van der Waals surface area (Å²) in [6.07, 6.45) is 0. The van der Waals surface area contributed by atoms with Gasteiger partial charge in [-0.1, -0.05) is 0 Å². The zero-order chi connectivity index (χ0) is 61.8. The van der Waals surface area contributed by atoms with Crippen LogP contribution in [-0.4, -0.2) is 43.3 Å². The third kappa shape index (κ3) is 8.76. The van der Waals surface area contributed by atoms with Crippen molar-refractivity contribution in [1.82, 2.24) is 0 Å². The van der Waals surface area contributed by atoms with Crippen molar-refractivity contribution in [1.29, 1.82) is 0 Å². The topological polar surface area (TPSA) is 13.0 Å². The summed E-state index contributed by atoms with van der Waals surface area (Å²) in [6, 6.07) is 128. The van der Waals surface area contributed by atoms with Gasteiger partial charge < -0.3 is 0 Å². The maximum atomic E-state index is 2.76. The third-order valence-corrected chi connectivity index (χ3v) is 24.5. The van der Waals surface area contributed by atoms with Crippen molar-refractivity contribution in [2.75, 3.05) is 19.6 Å². The molecule has 0 radical (unpaired) electrons. The van der Waals surface area contributed by atoms with Gasteiger partial charge in [0.2, 0.25) is 0 Å². The fourth-order valence-electron chi connectivity index (χ4n) is 15.6. The first-order valence-corrected chi connectivity index (χ1v) is 35.7. The van der Waals surface area contributed by atoms with Crippen LogP contribution in [0.2, 0.25) is 0 Å². The second-order valence-corrected chi connectivity index (χ2v) is 29.0. The molecular weight excluding hydrogens is 1270 g/mol. The van der Waals surface area contributed by atoms with Crippen LogP contribution < -0.4 is 70.2 Å². The number of anilines is 12. The Morgan fingerprint density at radius 3 is 1.01 bits per heavy atom. The van der Waals surface area contributed by atoms with Gasteiger partial charge in [0.25, 0.3) is 0 Å². The molecule has 0 atom stereocenters. The molecule has 15 aromatic carbocycles. The predicted octanol–water partition coefficient (Wildman–Crippen LogP) is 14.8. The summed E-state index contributed by atoms with van der Waals surface area (Å²) < 4.78 is 5.72. The van der Waals surface area contributed by atoms with Gasteiger partial charge >= 0.3 is 565 Å². The van der Waals surface area contributed by atoms with Gasteiger partial charge in [-0.25, -0.2) is 0 Å². The molecule has 4 nitrogen and oxygen atoms in total. The summed E-state index contributed by atoms with van der Waals surface area (Å²) in [5.41, 5.74) is 27.4. The molecule has 15 aromatic rings. The van der Waals surface area contributed by atoms with E-state index in [2.05, 4.69) is 359 Å². The predicted molar refractivity (Wildman–Crippen MR) is 403 cm³/mol. The molecule has 0 saturated carbocycles. The molecule has 4 heterocycles. The number of hydrogen-bond donors (Lipinski definition) is 0. The molecule has 4 aliphatic rings. The van der Waals surface area contributed by atoms with Crippen LogP contribution in [0.3, 0.4) is 0 Å². The number of hydrogen-bond acceptors (Lipinski definition) is 4. The third-order valence-electron chi connectivity index (χ3n) is 19.4. The van der Waals surface area contributed by atoms with Gasteiger partial charge in [-0.05, 0) is 0 Å². The summed E-state index contributed by atoms with van der Waals surface area (Å²) >= 11 is -0.430. The van der Waals surface area contributed by atoms with Crippen LogP contribution in [0.5, 0.6) is 0 Å². The van der Waals surface area contributed by atoms with Gasteiger partial charge in [0.05, 0.1) is 0 Å². The van der Waals surface area contributed by atoms with E-state index in [0.717, 1.165) is 45.5 Å². The maximum absolute atomic E-state index is 2.76. The number of para-hydroxylation sites is 8. The van der Waals surface area contributed by atoms with E-state index in [1.807, 2.05) is 0 Å². The fourth-order valence-corrected chi connectivity index (χ4v) is 21.6. The summed E-state index contributed by atoms with van der Waals surface area (Å²) in [4.78, 5) is 10.1. The summed E-state index contributed by atoms with van der Waals surface area (Å²) in [5, 5.41) is 5.00. The molecule has 0 N–H and O–H groups in total. The SMILES string of the molecule is c1ccc(N(c2ccccc2)c2cc3c4c(c2)N(c2ccccc2)c2ccccc2B4c2cc4c(c(-c5ccccc5-c5c6ccccc6cc6ccccc56)c2[Se]3)[Se]c2cc(N(c3ccccc3)c3ccccc3)cc3c2B4c2ccccc2N3c2ccccc2)cc1. The molecule has 0 aliphatic carbocycles. The van der Waals surface area contributed by atoms with Gasteiger partial charge in [-0.3, -0.25) is 0 Å². The van der Waals surface area contributed by atoms with E-state index >= 15 is 0 Å². The zero-order valence-electron chi connectivity index (χ0n) is 51.1. The van der Waals surface area contributed by atoms with Crippen molar-refractivity contribution in [2.24, 2.45) is 0 Å². The van der Waals surface area contributed by atoms with Crippen LogP contribution in [0.1, 0.15) is 0 Å². The average Bonchev–Trinajstić information content (AvgIpc) is 0.689. The second-order valence-electron chi connectivity index (χ2n) is 24.6. The Hall–Kier alpha value is -10.8. The molecule has 438 valence electrons. The summed E-state index contributed by atoms with van der Waals surface area (Å²) in [6.45, 7) is -0.170. The van der Waals surface area contributed by atoms with Gasteiger partial charge in [0, 0.05) is 0 Å². The van der Waals surface area contributed by atoms with Crippen LogP contribution in [0.4, 0.5) is 68.2 Å². The number of benzene rings is 15. The molecule has 19 rings (SSSR count). The van der Waals surface area contributed by atoms with Crippen LogP contribution >= 0.6 is 0 Å². The molecule has 0 amide bonds. The Morgan fingerprint density at radius 2 is 0.596 bits per heavy atom. The quantitative estimate of drug-likeness (QED) is 0.0999. The molecule has 0 fully saturated rings. The first-order valence-electron chi connectivity index (χ1n) is 32.3. The van der Waals surface area contributed by atoms with E-state index in [9.17, 15) is 0 Å². The van der Waals surface area contributed by atoms with Crippen molar-refractivity contribution in [3.05, 3.63) is 340 Å². The standard InChI is InChI=1S/C86H56B2N4Se2/c1-7-31-59(32-8-1)89(60-33-9-2-10-34-60)65-52-77-83-79(54-65)93-85-73(87(83)71-47-25-27-49-75(71)91(77)63-39-15-5-16-40-63)56-74-86(82(85)70-46-24-23-45-69(70)81-67-43-21-19-29-57(67)51-58-30-20-22-44-68(58)81)94-80-55-66(90(61-35-11-3-12-36-61)62-37-13-4-14-38-62)53-78-84(80)88(74)72-48-26-28-50-76(72)92(78)64-41-17-6-18-42-64/h1-56H. The molecule has 0 bridgehead atoms. The van der Waals surface area contributed by atoms with Crippen molar-refractivity contribution in [3.63, 3.8) is 0 Å². The van der Waals surface area contributed by atoms with Gasteiger partial charge in [0.1, 0.15) is 0 Å². The minimum absolute atomic E-state index is 0.0852. The summed E-state index contributed by atoms with van der Waals surface area (Å²) in [7, 11) is 0. The van der Waals surface area contributed by atoms with E-state index in [4.69, 9.17) is 0 Å². The van der Waals surface area contributed by atoms with Crippen LogP contribution in [0.25, 0.3) is 43.8 Å². The first kappa shape index (κ1) is 54.9. The minimum atomic E-state index is -0.215. The number of fused-ring (bicyclic) bond motifs is 10. The molecular formula is C86H56B2N4Se2. The van der Waals surface area contributed by atoms with E-state index in [1.54, 1.807) is 0 Å². The normalized spacial score (nSPS) is 12.9. The van der Waals surface area contributed by atoms with Crippen molar-refractivity contribution < 1.29 is 0 Å². The molecule has 94 heavy (non-hydrogen) atoms. The van der Waals surface area contributed by atoms with Crippen molar-refractivity contribution in [3.8, 4) is 22.3 Å². The van der Waals surface area contributed by atoms with Crippen LogP contribution in [0, 0.1) is 0 Å². The Morgan fingerprint density at radius 1 is 0.255 bits per heavy atom. The Kier molecular flexibility index (Phi) is 13.1. The van der Waals surface area contributed by atoms with Crippen molar-refractivity contribution >= 4 is 184 Å². The van der Waals surface area contributed by atoms with E-state index in [1.165, 1.54) is 117 Å². The van der Waals surface area contributed by atoms with Gasteiger partial charge in [-0.2, -0.15) is 0 Å². The number of nitrogens with zero attached hydrogens (tertiary/aromatic N) is 4. The Labute approximate surface area is 561 Å². The van der Waals surface area contributed by atoms with Gasteiger partial charge in [-0.15, -0.1) is 0 Å². The number of rotatable bonds is 10. The van der Waals surface area contributed by atoms with Gasteiger partial charge in [0.15, 0.2) is 0 Å². The molecule has 8 heteroatoms. The van der Waals surface area contributed by atoms with E-state index < -0.39 is 0 Å². The molecule has 0 aromatic heterocycles. The zero-order valence-corrected chi connectivity index (χ0v) is 54.5. The second kappa shape index (κ2) is 22.5. The Bertz CT molecular complexity index is 5100. The monoisotopic (exact) mass is 1330 g/mol. The average molecular weight is 1320 g/mol. The van der Waals surface area contributed by atoms with Crippen LogP contribution in [0.15, 0.2) is 340 Å². The van der Waals surface area contributed by atoms with E-state index in [-0.39, 0.29) is 43.3 Å². The Balaban J connectivity index is 0.948. The van der Waals surface area contributed by atoms with Crippen LogP contribution in [-0.2, 0) is 0 Å². The fraction of sp³-hybridized carbons (Fsp3) is 0. The van der Waals surface area contributed by atoms with E-state index in [0.29, 0.717) is 0 Å². The molecule has 0 unspecified atom stereocenters.